The summed E-state index contributed by atoms with van der Waals surface area (Å²) >= 11 is 5.97. The largest absolute Gasteiger partial charge is 0.206 e. The highest BCUT2D eigenvalue weighted by molar-refractivity contribution is 6.30. The minimum Gasteiger partial charge on any atom is -0.206 e. The zero-order chi connectivity index (χ0) is 13.3. The molecule has 0 amide bonds. The van der Waals surface area contributed by atoms with Gasteiger partial charge in [-0.3, -0.25) is 0 Å². The number of hydrogen-bond acceptors (Lipinski definition) is 0. The highest BCUT2D eigenvalue weighted by atomic mass is 35.5. The molecule has 2 rings (SSSR count). The van der Waals surface area contributed by atoms with E-state index < -0.39 is 0 Å². The molecule has 0 spiro atoms. The molecule has 0 atom stereocenters. The molecule has 0 N–H and O–H groups in total. The maximum absolute atomic E-state index is 14.0. The van der Waals surface area contributed by atoms with Crippen molar-refractivity contribution in [2.45, 2.75) is 26.2 Å². The van der Waals surface area contributed by atoms with Gasteiger partial charge < -0.3 is 0 Å². The predicted molar refractivity (Wildman–Crippen MR) is 75.5 cm³/mol. The standard InChI is InChI=1S/C16H16ClF/c1-16(2,3)14-7-5-4-6-12(14)13-10-11(17)8-9-15(13)18/h4-10H,1-3H3. The topological polar surface area (TPSA) is 0 Å². The maximum atomic E-state index is 14.0. The number of rotatable bonds is 1. The maximum Gasteiger partial charge on any atom is 0.131 e. The lowest BCUT2D eigenvalue weighted by Gasteiger charge is -2.23. The van der Waals surface area contributed by atoms with E-state index >= 15 is 0 Å². The third kappa shape index (κ3) is 2.56. The average Bonchev–Trinajstić information content (AvgIpc) is 2.31. The van der Waals surface area contributed by atoms with Gasteiger partial charge in [0.25, 0.3) is 0 Å². The number of halogens is 2. The van der Waals surface area contributed by atoms with Crippen LogP contribution >= 0.6 is 11.6 Å². The molecule has 0 heterocycles. The monoisotopic (exact) mass is 262 g/mol. The molecule has 2 aromatic rings. The van der Waals surface area contributed by atoms with Gasteiger partial charge in [0.1, 0.15) is 5.82 Å². The van der Waals surface area contributed by atoms with Crippen LogP contribution in [0.3, 0.4) is 0 Å². The first kappa shape index (κ1) is 13.1. The molecule has 2 heteroatoms. The molecular weight excluding hydrogens is 247 g/mol. The highest BCUT2D eigenvalue weighted by Gasteiger charge is 2.19. The Morgan fingerprint density at radius 3 is 2.28 bits per heavy atom. The summed E-state index contributed by atoms with van der Waals surface area (Å²) < 4.78 is 14.0. The summed E-state index contributed by atoms with van der Waals surface area (Å²) in [6.45, 7) is 6.36. The Balaban J connectivity index is 2.68. The van der Waals surface area contributed by atoms with Crippen molar-refractivity contribution < 1.29 is 4.39 Å². The van der Waals surface area contributed by atoms with Crippen LogP contribution in [-0.2, 0) is 5.41 Å². The fourth-order valence-corrected chi connectivity index (χ4v) is 2.25. The summed E-state index contributed by atoms with van der Waals surface area (Å²) in [6.07, 6.45) is 0. The van der Waals surface area contributed by atoms with E-state index in [1.54, 1.807) is 12.1 Å². The fourth-order valence-electron chi connectivity index (χ4n) is 2.08. The van der Waals surface area contributed by atoms with Crippen molar-refractivity contribution in [3.05, 3.63) is 58.9 Å². The molecule has 0 unspecified atom stereocenters. The Labute approximate surface area is 112 Å². The normalized spacial score (nSPS) is 11.6. The Hall–Kier alpha value is -1.34. The summed E-state index contributed by atoms with van der Waals surface area (Å²) in [5.74, 6) is -0.240. The zero-order valence-corrected chi connectivity index (χ0v) is 11.6. The first-order valence-electron chi connectivity index (χ1n) is 5.94. The molecule has 94 valence electrons. The van der Waals surface area contributed by atoms with Crippen LogP contribution in [-0.4, -0.2) is 0 Å². The first-order chi connectivity index (χ1) is 8.39. The molecule has 0 nitrogen and oxygen atoms in total. The predicted octanol–water partition coefficient (Wildman–Crippen LogP) is 5.44. The molecule has 18 heavy (non-hydrogen) atoms. The smallest absolute Gasteiger partial charge is 0.131 e. The van der Waals surface area contributed by atoms with Gasteiger partial charge in [0.15, 0.2) is 0 Å². The molecule has 0 aliphatic heterocycles. The third-order valence-electron chi connectivity index (χ3n) is 2.95. The minimum absolute atomic E-state index is 0.0364. The molecule has 0 saturated carbocycles. The minimum atomic E-state index is -0.240. The van der Waals surface area contributed by atoms with E-state index in [1.165, 1.54) is 6.07 Å². The van der Waals surface area contributed by atoms with Crippen LogP contribution in [0.15, 0.2) is 42.5 Å². The van der Waals surface area contributed by atoms with Crippen LogP contribution in [0, 0.1) is 5.82 Å². The van der Waals surface area contributed by atoms with E-state index in [9.17, 15) is 4.39 Å². The van der Waals surface area contributed by atoms with Crippen LogP contribution < -0.4 is 0 Å². The van der Waals surface area contributed by atoms with E-state index in [2.05, 4.69) is 20.8 Å². The SMILES string of the molecule is CC(C)(C)c1ccccc1-c1cc(Cl)ccc1F. The van der Waals surface area contributed by atoms with E-state index in [1.807, 2.05) is 24.3 Å². The quantitative estimate of drug-likeness (QED) is 0.642. The van der Waals surface area contributed by atoms with Crippen molar-refractivity contribution >= 4 is 11.6 Å². The molecule has 0 aromatic heterocycles. The van der Waals surface area contributed by atoms with Crippen molar-refractivity contribution in [1.29, 1.82) is 0 Å². The van der Waals surface area contributed by atoms with Crippen molar-refractivity contribution in [1.82, 2.24) is 0 Å². The van der Waals surface area contributed by atoms with Crippen LogP contribution in [0.25, 0.3) is 11.1 Å². The van der Waals surface area contributed by atoms with E-state index in [0.29, 0.717) is 10.6 Å². The van der Waals surface area contributed by atoms with Gasteiger partial charge in [-0.1, -0.05) is 56.6 Å². The zero-order valence-electron chi connectivity index (χ0n) is 10.8. The van der Waals surface area contributed by atoms with Gasteiger partial charge in [-0.2, -0.15) is 0 Å². The van der Waals surface area contributed by atoms with E-state index in [0.717, 1.165) is 11.1 Å². The molecule has 0 aliphatic rings. The Kier molecular flexibility index (Phi) is 3.45. The van der Waals surface area contributed by atoms with Crippen LogP contribution in [0.4, 0.5) is 4.39 Å². The van der Waals surface area contributed by atoms with Gasteiger partial charge >= 0.3 is 0 Å². The van der Waals surface area contributed by atoms with Gasteiger partial charge in [-0.05, 0) is 34.7 Å². The summed E-state index contributed by atoms with van der Waals surface area (Å²) in [6, 6.07) is 12.5. The van der Waals surface area contributed by atoms with Crippen molar-refractivity contribution in [2.24, 2.45) is 0 Å². The summed E-state index contributed by atoms with van der Waals surface area (Å²) in [5, 5.41) is 0.551. The van der Waals surface area contributed by atoms with Gasteiger partial charge in [0.2, 0.25) is 0 Å². The molecule has 2 aromatic carbocycles. The van der Waals surface area contributed by atoms with Crippen LogP contribution in [0.2, 0.25) is 5.02 Å². The second-order valence-electron chi connectivity index (χ2n) is 5.42. The van der Waals surface area contributed by atoms with Crippen molar-refractivity contribution in [3.63, 3.8) is 0 Å². The molecule has 0 fully saturated rings. The summed E-state index contributed by atoms with van der Waals surface area (Å²) in [7, 11) is 0. The lowest BCUT2D eigenvalue weighted by molar-refractivity contribution is 0.590. The lowest BCUT2D eigenvalue weighted by atomic mass is 9.82. The van der Waals surface area contributed by atoms with Crippen LogP contribution in [0.5, 0.6) is 0 Å². The third-order valence-corrected chi connectivity index (χ3v) is 3.19. The Bertz CT molecular complexity index is 568. The fraction of sp³-hybridized carbons (Fsp3) is 0.250. The van der Waals surface area contributed by atoms with Crippen molar-refractivity contribution in [3.8, 4) is 11.1 Å². The van der Waals surface area contributed by atoms with Gasteiger partial charge in [-0.15, -0.1) is 0 Å². The highest BCUT2D eigenvalue weighted by Crippen LogP contribution is 2.35. The molecule has 0 saturated heterocycles. The second-order valence-corrected chi connectivity index (χ2v) is 5.86. The summed E-state index contributed by atoms with van der Waals surface area (Å²) in [5.41, 5.74) is 2.55. The van der Waals surface area contributed by atoms with Gasteiger partial charge in [-0.25, -0.2) is 4.39 Å². The first-order valence-corrected chi connectivity index (χ1v) is 6.32. The summed E-state index contributed by atoms with van der Waals surface area (Å²) in [4.78, 5) is 0. The average molecular weight is 263 g/mol. The Morgan fingerprint density at radius 2 is 1.61 bits per heavy atom. The molecule has 0 aliphatic carbocycles. The Morgan fingerprint density at radius 1 is 0.944 bits per heavy atom. The van der Waals surface area contributed by atoms with Gasteiger partial charge in [0.05, 0.1) is 0 Å². The number of benzene rings is 2. The number of hydrogen-bond donors (Lipinski definition) is 0. The van der Waals surface area contributed by atoms with E-state index in [-0.39, 0.29) is 11.2 Å². The lowest BCUT2D eigenvalue weighted by Crippen LogP contribution is -2.12. The van der Waals surface area contributed by atoms with Crippen LogP contribution in [0.1, 0.15) is 26.3 Å². The van der Waals surface area contributed by atoms with Gasteiger partial charge in [0, 0.05) is 10.6 Å². The molecule has 0 radical (unpaired) electrons. The molecule has 0 bridgehead atoms. The second kappa shape index (κ2) is 4.74. The van der Waals surface area contributed by atoms with Crippen molar-refractivity contribution in [2.75, 3.05) is 0 Å². The van der Waals surface area contributed by atoms with E-state index in [4.69, 9.17) is 11.6 Å². The molecular formula is C16H16ClF.